The van der Waals surface area contributed by atoms with Crippen LogP contribution in [0.4, 0.5) is 0 Å². The second-order valence-electron chi connectivity index (χ2n) is 4.81. The fourth-order valence-electron chi connectivity index (χ4n) is 2.28. The van der Waals surface area contributed by atoms with Gasteiger partial charge in [-0.15, -0.1) is 0 Å². The summed E-state index contributed by atoms with van der Waals surface area (Å²) in [4.78, 5) is 2.43. The van der Waals surface area contributed by atoms with Crippen LogP contribution in [-0.2, 0) is 6.54 Å². The average molecular weight is 269 g/mol. The molecule has 1 aromatic carbocycles. The quantitative estimate of drug-likeness (QED) is 0.912. The molecule has 3 nitrogen and oxygen atoms in total. The fourth-order valence-corrected chi connectivity index (χ4v) is 2.54. The molecule has 0 bridgehead atoms. The standard InChI is InChI=1S/C14H21ClN2O/c1-2-18-14-4-3-11(9-13(14)15)10-17-7-5-12(16)6-8-17/h3-4,9,12H,2,5-8,10,16H2,1H3. The van der Waals surface area contributed by atoms with Crippen molar-refractivity contribution >= 4 is 11.6 Å². The number of benzene rings is 1. The van der Waals surface area contributed by atoms with E-state index in [1.807, 2.05) is 19.1 Å². The van der Waals surface area contributed by atoms with Gasteiger partial charge in [0.2, 0.25) is 0 Å². The maximum atomic E-state index is 6.19. The lowest BCUT2D eigenvalue weighted by Crippen LogP contribution is -2.39. The van der Waals surface area contributed by atoms with Gasteiger partial charge >= 0.3 is 0 Å². The summed E-state index contributed by atoms with van der Waals surface area (Å²) in [5.74, 6) is 0.767. The van der Waals surface area contributed by atoms with Gasteiger partial charge in [-0.2, -0.15) is 0 Å². The van der Waals surface area contributed by atoms with E-state index in [0.717, 1.165) is 38.2 Å². The minimum atomic E-state index is 0.380. The van der Waals surface area contributed by atoms with E-state index in [4.69, 9.17) is 22.1 Å². The Morgan fingerprint density at radius 2 is 2.11 bits per heavy atom. The van der Waals surface area contributed by atoms with Crippen LogP contribution in [0.2, 0.25) is 5.02 Å². The molecule has 100 valence electrons. The summed E-state index contributed by atoms with van der Waals surface area (Å²) in [7, 11) is 0. The molecule has 4 heteroatoms. The summed E-state index contributed by atoms with van der Waals surface area (Å²) in [6.07, 6.45) is 2.18. The molecule has 1 saturated heterocycles. The molecule has 0 saturated carbocycles. The first kappa shape index (κ1) is 13.7. The summed E-state index contributed by atoms with van der Waals surface area (Å²) in [6.45, 7) is 5.70. The van der Waals surface area contributed by atoms with Gasteiger partial charge in [0.1, 0.15) is 5.75 Å². The van der Waals surface area contributed by atoms with Gasteiger partial charge in [0.25, 0.3) is 0 Å². The van der Waals surface area contributed by atoms with Crippen molar-refractivity contribution in [1.82, 2.24) is 4.90 Å². The van der Waals surface area contributed by atoms with E-state index >= 15 is 0 Å². The van der Waals surface area contributed by atoms with Gasteiger partial charge in [-0.1, -0.05) is 17.7 Å². The van der Waals surface area contributed by atoms with Crippen LogP contribution >= 0.6 is 11.6 Å². The van der Waals surface area contributed by atoms with Gasteiger partial charge in [0.05, 0.1) is 11.6 Å². The fraction of sp³-hybridized carbons (Fsp3) is 0.571. The normalized spacial score (nSPS) is 17.9. The summed E-state index contributed by atoms with van der Waals surface area (Å²) in [6, 6.07) is 6.42. The topological polar surface area (TPSA) is 38.5 Å². The van der Waals surface area contributed by atoms with Crippen LogP contribution in [-0.4, -0.2) is 30.6 Å². The van der Waals surface area contributed by atoms with Gasteiger partial charge in [-0.25, -0.2) is 0 Å². The molecule has 1 heterocycles. The molecule has 0 aromatic heterocycles. The van der Waals surface area contributed by atoms with Crippen molar-refractivity contribution in [1.29, 1.82) is 0 Å². The Morgan fingerprint density at radius 1 is 1.39 bits per heavy atom. The van der Waals surface area contributed by atoms with Crippen molar-refractivity contribution in [2.45, 2.75) is 32.4 Å². The SMILES string of the molecule is CCOc1ccc(CN2CCC(N)CC2)cc1Cl. The monoisotopic (exact) mass is 268 g/mol. The summed E-state index contributed by atoms with van der Waals surface area (Å²) in [5, 5.41) is 0.697. The first-order valence-electron chi connectivity index (χ1n) is 6.58. The Balaban J connectivity index is 1.95. The predicted molar refractivity (Wildman–Crippen MR) is 75.1 cm³/mol. The van der Waals surface area contributed by atoms with Crippen molar-refractivity contribution < 1.29 is 4.74 Å². The zero-order valence-corrected chi connectivity index (χ0v) is 11.6. The molecule has 0 spiro atoms. The van der Waals surface area contributed by atoms with Gasteiger partial charge in [0, 0.05) is 12.6 Å². The highest BCUT2D eigenvalue weighted by molar-refractivity contribution is 6.32. The number of hydrogen-bond acceptors (Lipinski definition) is 3. The number of ether oxygens (including phenoxy) is 1. The highest BCUT2D eigenvalue weighted by Gasteiger charge is 2.16. The zero-order valence-electron chi connectivity index (χ0n) is 10.9. The Labute approximate surface area is 114 Å². The minimum absolute atomic E-state index is 0.380. The Kier molecular flexibility index (Phi) is 4.87. The molecule has 1 fully saturated rings. The first-order chi connectivity index (χ1) is 8.69. The minimum Gasteiger partial charge on any atom is -0.492 e. The number of likely N-dealkylation sites (tertiary alicyclic amines) is 1. The van der Waals surface area contributed by atoms with Gasteiger partial charge < -0.3 is 10.5 Å². The smallest absolute Gasteiger partial charge is 0.137 e. The Hall–Kier alpha value is -0.770. The number of nitrogens with two attached hydrogens (primary N) is 1. The van der Waals surface area contributed by atoms with Crippen LogP contribution < -0.4 is 10.5 Å². The highest BCUT2D eigenvalue weighted by Crippen LogP contribution is 2.26. The molecule has 0 unspecified atom stereocenters. The molecule has 0 amide bonds. The van der Waals surface area contributed by atoms with Crippen LogP contribution in [0.25, 0.3) is 0 Å². The van der Waals surface area contributed by atoms with E-state index in [1.54, 1.807) is 0 Å². The van der Waals surface area contributed by atoms with Crippen molar-refractivity contribution in [3.05, 3.63) is 28.8 Å². The summed E-state index contributed by atoms with van der Waals surface area (Å²) >= 11 is 6.19. The molecular formula is C14H21ClN2O. The third kappa shape index (κ3) is 3.61. The maximum Gasteiger partial charge on any atom is 0.137 e. The number of hydrogen-bond donors (Lipinski definition) is 1. The first-order valence-corrected chi connectivity index (χ1v) is 6.96. The van der Waals surface area contributed by atoms with E-state index < -0.39 is 0 Å². The van der Waals surface area contributed by atoms with E-state index in [2.05, 4.69) is 11.0 Å². The molecule has 2 rings (SSSR count). The largest absolute Gasteiger partial charge is 0.492 e. The van der Waals surface area contributed by atoms with E-state index in [0.29, 0.717) is 17.7 Å². The maximum absolute atomic E-state index is 6.19. The van der Waals surface area contributed by atoms with Crippen LogP contribution in [0.3, 0.4) is 0 Å². The van der Waals surface area contributed by atoms with Crippen LogP contribution in [0.5, 0.6) is 5.75 Å². The third-order valence-corrected chi connectivity index (χ3v) is 3.63. The molecule has 1 aliphatic rings. The number of rotatable bonds is 4. The van der Waals surface area contributed by atoms with E-state index in [1.165, 1.54) is 5.56 Å². The van der Waals surface area contributed by atoms with E-state index in [-0.39, 0.29) is 0 Å². The Bertz CT molecular complexity index is 389. The molecule has 1 aromatic rings. The number of nitrogens with zero attached hydrogens (tertiary/aromatic N) is 1. The molecule has 0 atom stereocenters. The van der Waals surface area contributed by atoms with E-state index in [9.17, 15) is 0 Å². The second kappa shape index (κ2) is 6.41. The lowest BCUT2D eigenvalue weighted by atomic mass is 10.1. The van der Waals surface area contributed by atoms with Gasteiger partial charge in [-0.05, 0) is 50.6 Å². The van der Waals surface area contributed by atoms with Crippen LogP contribution in [0.1, 0.15) is 25.3 Å². The molecule has 0 radical (unpaired) electrons. The molecule has 1 aliphatic heterocycles. The summed E-state index contributed by atoms with van der Waals surface area (Å²) in [5.41, 5.74) is 7.14. The van der Waals surface area contributed by atoms with Crippen molar-refractivity contribution in [3.8, 4) is 5.75 Å². The average Bonchev–Trinajstić information content (AvgIpc) is 2.36. The molecule has 18 heavy (non-hydrogen) atoms. The second-order valence-corrected chi connectivity index (χ2v) is 5.22. The van der Waals surface area contributed by atoms with Gasteiger partial charge in [0.15, 0.2) is 0 Å². The number of halogens is 1. The summed E-state index contributed by atoms with van der Waals surface area (Å²) < 4.78 is 5.43. The molecule has 2 N–H and O–H groups in total. The molecule has 0 aliphatic carbocycles. The van der Waals surface area contributed by atoms with Crippen LogP contribution in [0, 0.1) is 0 Å². The lowest BCUT2D eigenvalue weighted by molar-refractivity contribution is 0.205. The molecular weight excluding hydrogens is 248 g/mol. The van der Waals surface area contributed by atoms with Crippen molar-refractivity contribution in [3.63, 3.8) is 0 Å². The highest BCUT2D eigenvalue weighted by atomic mass is 35.5. The zero-order chi connectivity index (χ0) is 13.0. The predicted octanol–water partition coefficient (Wildman–Crippen LogP) is 2.66. The number of piperidine rings is 1. The van der Waals surface area contributed by atoms with Gasteiger partial charge in [-0.3, -0.25) is 4.90 Å². The lowest BCUT2D eigenvalue weighted by Gasteiger charge is -2.30. The third-order valence-electron chi connectivity index (χ3n) is 3.33. The Morgan fingerprint density at radius 3 is 2.72 bits per heavy atom. The van der Waals surface area contributed by atoms with Crippen molar-refractivity contribution in [2.24, 2.45) is 5.73 Å². The van der Waals surface area contributed by atoms with Crippen LogP contribution in [0.15, 0.2) is 18.2 Å². The van der Waals surface area contributed by atoms with Crippen molar-refractivity contribution in [2.75, 3.05) is 19.7 Å².